The van der Waals surface area contributed by atoms with E-state index < -0.39 is 8.07 Å². The van der Waals surface area contributed by atoms with Gasteiger partial charge in [-0.15, -0.1) is 0 Å². The summed E-state index contributed by atoms with van der Waals surface area (Å²) in [5.74, 6) is 0. The first-order valence-corrected chi connectivity index (χ1v) is 14.6. The van der Waals surface area contributed by atoms with E-state index in [1.807, 2.05) is 0 Å². The fourth-order valence-corrected chi connectivity index (χ4v) is 11.4. The molecule has 0 aliphatic heterocycles. The zero-order chi connectivity index (χ0) is 21.9. The maximum atomic E-state index is 2.61. The molecule has 0 amide bonds. The third-order valence-electron chi connectivity index (χ3n) is 7.60. The first-order chi connectivity index (χ1) is 14.8. The van der Waals surface area contributed by atoms with Crippen molar-refractivity contribution in [1.29, 1.82) is 0 Å². The van der Waals surface area contributed by atoms with Gasteiger partial charge in [-0.05, 0) is 66.6 Å². The fourth-order valence-electron chi connectivity index (χ4n) is 6.43. The van der Waals surface area contributed by atoms with Gasteiger partial charge in [-0.1, -0.05) is 103 Å². The maximum absolute atomic E-state index is 2.61. The molecule has 156 valence electrons. The highest BCUT2D eigenvalue weighted by Crippen LogP contribution is 2.53. The van der Waals surface area contributed by atoms with Gasteiger partial charge in [-0.2, -0.15) is 0 Å². The molecule has 0 fully saturated rings. The second-order valence-electron chi connectivity index (χ2n) is 10.2. The van der Waals surface area contributed by atoms with Gasteiger partial charge < -0.3 is 0 Å². The summed E-state index contributed by atoms with van der Waals surface area (Å²) in [7, 11) is -1.75. The van der Waals surface area contributed by atoms with Crippen LogP contribution in [0.5, 0.6) is 0 Å². The van der Waals surface area contributed by atoms with Crippen molar-refractivity contribution in [3.05, 3.63) is 105 Å². The Hall–Kier alpha value is -2.64. The summed E-state index contributed by atoms with van der Waals surface area (Å²) < 4.78 is 0. The predicted molar refractivity (Wildman–Crippen MR) is 138 cm³/mol. The zero-order valence-corrected chi connectivity index (χ0v) is 20.6. The fraction of sp³-hybridized carbons (Fsp3) is 0.267. The summed E-state index contributed by atoms with van der Waals surface area (Å²) in [6, 6.07) is 22.9. The molecule has 0 nitrogen and oxygen atoms in total. The monoisotopic (exact) mass is 420 g/mol. The van der Waals surface area contributed by atoms with Crippen molar-refractivity contribution in [2.24, 2.45) is 0 Å². The molecule has 0 bridgehead atoms. The van der Waals surface area contributed by atoms with Crippen molar-refractivity contribution in [2.75, 3.05) is 0 Å². The molecule has 0 heterocycles. The number of benzene rings is 3. The van der Waals surface area contributed by atoms with Crippen molar-refractivity contribution < 1.29 is 0 Å². The van der Waals surface area contributed by atoms with Gasteiger partial charge >= 0.3 is 0 Å². The van der Waals surface area contributed by atoms with Crippen LogP contribution in [-0.2, 0) is 0 Å². The Labute approximate surface area is 188 Å². The number of aryl methyl sites for hydroxylation is 2. The van der Waals surface area contributed by atoms with E-state index in [0.29, 0.717) is 11.1 Å². The van der Waals surface area contributed by atoms with Crippen LogP contribution in [0.25, 0.3) is 23.3 Å². The van der Waals surface area contributed by atoms with Gasteiger partial charge in [0.15, 0.2) is 0 Å². The Balaban J connectivity index is 1.65. The van der Waals surface area contributed by atoms with Crippen molar-refractivity contribution in [2.45, 2.75) is 51.9 Å². The molecule has 2 unspecified atom stereocenters. The molecular formula is C30H32Si. The van der Waals surface area contributed by atoms with Crippen LogP contribution in [0.4, 0.5) is 0 Å². The minimum atomic E-state index is -1.75. The van der Waals surface area contributed by atoms with Crippen LogP contribution in [-0.4, -0.2) is 8.07 Å². The molecule has 0 saturated heterocycles. The molecule has 3 aromatic rings. The third kappa shape index (κ3) is 3.10. The summed E-state index contributed by atoms with van der Waals surface area (Å²) >= 11 is 0. The van der Waals surface area contributed by atoms with Crippen LogP contribution in [0.1, 0.15) is 58.3 Å². The summed E-state index contributed by atoms with van der Waals surface area (Å²) in [5.41, 5.74) is 15.6. The predicted octanol–water partition coefficient (Wildman–Crippen LogP) is 8.46. The average molecular weight is 421 g/mol. The molecule has 0 aromatic heterocycles. The van der Waals surface area contributed by atoms with Crippen molar-refractivity contribution in [3.8, 4) is 11.1 Å². The van der Waals surface area contributed by atoms with Gasteiger partial charge in [0.2, 0.25) is 0 Å². The van der Waals surface area contributed by atoms with Crippen molar-refractivity contribution >= 4 is 20.2 Å². The zero-order valence-electron chi connectivity index (χ0n) is 19.6. The van der Waals surface area contributed by atoms with Crippen LogP contribution in [0, 0.1) is 13.8 Å². The highest BCUT2D eigenvalue weighted by atomic mass is 28.3. The van der Waals surface area contributed by atoms with Gasteiger partial charge in [-0.3, -0.25) is 0 Å². The van der Waals surface area contributed by atoms with E-state index in [1.54, 1.807) is 22.3 Å². The Morgan fingerprint density at radius 2 is 1.32 bits per heavy atom. The molecule has 0 saturated carbocycles. The molecule has 31 heavy (non-hydrogen) atoms. The van der Waals surface area contributed by atoms with Crippen LogP contribution in [0.3, 0.4) is 0 Å². The normalized spacial score (nSPS) is 19.7. The number of hydrogen-bond donors (Lipinski definition) is 0. The lowest BCUT2D eigenvalue weighted by Crippen LogP contribution is -2.42. The van der Waals surface area contributed by atoms with E-state index in [9.17, 15) is 0 Å². The minimum Gasteiger partial charge on any atom is -0.0679 e. The number of rotatable bonds is 3. The standard InChI is InChI=1S/C30H32Si/c1-19-14-15-20(2)27(16-19)25-12-9-13-26-28(25)18-22(4)30(26)31(5,6)29-21(3)17-23-10-7-8-11-24(23)29/h7-18,29-30H,1-6H3. The molecule has 5 rings (SSSR count). The molecule has 0 spiro atoms. The Morgan fingerprint density at radius 3 is 2.13 bits per heavy atom. The molecular weight excluding hydrogens is 388 g/mol. The van der Waals surface area contributed by atoms with Gasteiger partial charge in [0.25, 0.3) is 0 Å². The summed E-state index contributed by atoms with van der Waals surface area (Å²) in [6.45, 7) is 14.4. The largest absolute Gasteiger partial charge is 0.0722 e. The summed E-state index contributed by atoms with van der Waals surface area (Å²) in [6.07, 6.45) is 4.92. The molecule has 2 atom stereocenters. The molecule has 2 aliphatic rings. The molecule has 0 N–H and O–H groups in total. The highest BCUT2D eigenvalue weighted by Gasteiger charge is 2.46. The second kappa shape index (κ2) is 7.21. The van der Waals surface area contributed by atoms with Crippen LogP contribution >= 0.6 is 0 Å². The Morgan fingerprint density at radius 1 is 0.645 bits per heavy atom. The Kier molecular flexibility index (Phi) is 4.71. The van der Waals surface area contributed by atoms with E-state index in [-0.39, 0.29) is 0 Å². The average Bonchev–Trinajstić information content (AvgIpc) is 3.25. The number of fused-ring (bicyclic) bond motifs is 2. The molecule has 1 heteroatoms. The topological polar surface area (TPSA) is 0 Å². The smallest absolute Gasteiger partial charge is 0.0679 e. The van der Waals surface area contributed by atoms with E-state index in [0.717, 1.165) is 0 Å². The van der Waals surface area contributed by atoms with Gasteiger partial charge in [0.1, 0.15) is 0 Å². The molecule has 2 aliphatic carbocycles. The molecule has 3 aromatic carbocycles. The molecule has 0 radical (unpaired) electrons. The van der Waals surface area contributed by atoms with Gasteiger partial charge in [0.05, 0.1) is 8.07 Å². The maximum Gasteiger partial charge on any atom is 0.0722 e. The van der Waals surface area contributed by atoms with E-state index >= 15 is 0 Å². The van der Waals surface area contributed by atoms with Gasteiger partial charge in [0, 0.05) is 11.1 Å². The highest BCUT2D eigenvalue weighted by molar-refractivity contribution is 6.81. The quantitative estimate of drug-likeness (QED) is 0.373. The van der Waals surface area contributed by atoms with E-state index in [4.69, 9.17) is 0 Å². The lowest BCUT2D eigenvalue weighted by atomic mass is 9.93. The van der Waals surface area contributed by atoms with Crippen LogP contribution in [0.15, 0.2) is 71.8 Å². The van der Waals surface area contributed by atoms with E-state index in [1.165, 1.54) is 33.4 Å². The summed E-state index contributed by atoms with van der Waals surface area (Å²) in [4.78, 5) is 0. The first-order valence-electron chi connectivity index (χ1n) is 11.4. The van der Waals surface area contributed by atoms with Crippen LogP contribution < -0.4 is 0 Å². The second-order valence-corrected chi connectivity index (χ2v) is 15.0. The number of hydrogen-bond acceptors (Lipinski definition) is 0. The lowest BCUT2D eigenvalue weighted by molar-refractivity contribution is 0.968. The van der Waals surface area contributed by atoms with Crippen molar-refractivity contribution in [3.63, 3.8) is 0 Å². The SMILES string of the molecule is CC1=Cc2ccccc2C1[Si](C)(C)C1C(C)=Cc2c(-c3cc(C)ccc3C)cccc21. The van der Waals surface area contributed by atoms with Gasteiger partial charge in [-0.25, -0.2) is 0 Å². The van der Waals surface area contributed by atoms with Crippen LogP contribution in [0.2, 0.25) is 13.1 Å². The van der Waals surface area contributed by atoms with Crippen molar-refractivity contribution in [1.82, 2.24) is 0 Å². The first kappa shape index (κ1) is 20.3. The lowest BCUT2D eigenvalue weighted by Gasteiger charge is -2.39. The minimum absolute atomic E-state index is 0.548. The third-order valence-corrected chi connectivity index (χ3v) is 12.1. The summed E-state index contributed by atoms with van der Waals surface area (Å²) in [5, 5.41) is 0. The number of allylic oxidation sites excluding steroid dienone is 2. The Bertz CT molecular complexity index is 1260. The van der Waals surface area contributed by atoms with E-state index in [2.05, 4.69) is 114 Å².